The number of methoxy groups -OCH3 is 1. The molecule has 0 aliphatic rings. The Morgan fingerprint density at radius 1 is 1.28 bits per heavy atom. The standard InChI is InChI=1S/C15H21ClO2/c1-4-6-11(7-5-2)15(17)12-8-9-14(18-3)13(16)10-12/h8-11H,4-7H2,1-3H3. The molecule has 0 heterocycles. The van der Waals surface area contributed by atoms with Crippen LogP contribution in [0.25, 0.3) is 0 Å². The van der Waals surface area contributed by atoms with Crippen LogP contribution in [0.3, 0.4) is 0 Å². The molecule has 100 valence electrons. The highest BCUT2D eigenvalue weighted by Crippen LogP contribution is 2.27. The van der Waals surface area contributed by atoms with E-state index in [0.717, 1.165) is 25.7 Å². The van der Waals surface area contributed by atoms with Crippen LogP contribution in [0.5, 0.6) is 5.75 Å². The second-order valence-corrected chi connectivity index (χ2v) is 4.90. The molecule has 0 spiro atoms. The molecule has 0 aliphatic heterocycles. The van der Waals surface area contributed by atoms with Crippen molar-refractivity contribution in [2.75, 3.05) is 7.11 Å². The summed E-state index contributed by atoms with van der Waals surface area (Å²) in [4.78, 5) is 12.4. The van der Waals surface area contributed by atoms with Gasteiger partial charge in [0.1, 0.15) is 5.75 Å². The Labute approximate surface area is 114 Å². The second kappa shape index (κ2) is 7.42. The minimum atomic E-state index is 0.115. The van der Waals surface area contributed by atoms with Gasteiger partial charge in [-0.05, 0) is 31.0 Å². The zero-order valence-corrected chi connectivity index (χ0v) is 12.1. The van der Waals surface area contributed by atoms with E-state index in [-0.39, 0.29) is 11.7 Å². The van der Waals surface area contributed by atoms with Gasteiger partial charge in [-0.1, -0.05) is 38.3 Å². The Hall–Kier alpha value is -1.02. The van der Waals surface area contributed by atoms with Gasteiger partial charge in [-0.25, -0.2) is 0 Å². The molecule has 1 aromatic carbocycles. The number of ether oxygens (including phenoxy) is 1. The average Bonchev–Trinajstić information content (AvgIpc) is 2.37. The summed E-state index contributed by atoms with van der Waals surface area (Å²) in [6.07, 6.45) is 3.94. The molecule has 0 saturated heterocycles. The van der Waals surface area contributed by atoms with Crippen LogP contribution in [0.15, 0.2) is 18.2 Å². The first-order valence-electron chi connectivity index (χ1n) is 6.51. The third-order valence-electron chi connectivity index (χ3n) is 3.08. The molecule has 0 fully saturated rings. The van der Waals surface area contributed by atoms with Crippen molar-refractivity contribution in [3.05, 3.63) is 28.8 Å². The number of halogens is 1. The van der Waals surface area contributed by atoms with Crippen LogP contribution in [-0.4, -0.2) is 12.9 Å². The van der Waals surface area contributed by atoms with Gasteiger partial charge in [0.25, 0.3) is 0 Å². The van der Waals surface area contributed by atoms with Crippen LogP contribution < -0.4 is 4.74 Å². The maximum Gasteiger partial charge on any atom is 0.165 e. The Morgan fingerprint density at radius 2 is 1.89 bits per heavy atom. The summed E-state index contributed by atoms with van der Waals surface area (Å²) in [7, 11) is 1.57. The summed E-state index contributed by atoms with van der Waals surface area (Å²) in [6, 6.07) is 5.26. The van der Waals surface area contributed by atoms with E-state index < -0.39 is 0 Å². The molecular weight excluding hydrogens is 248 g/mol. The molecule has 3 heteroatoms. The van der Waals surface area contributed by atoms with Crippen LogP contribution in [0.1, 0.15) is 49.9 Å². The van der Waals surface area contributed by atoms with Crippen molar-refractivity contribution in [1.82, 2.24) is 0 Å². The zero-order chi connectivity index (χ0) is 13.5. The molecule has 0 atom stereocenters. The molecule has 0 unspecified atom stereocenters. The van der Waals surface area contributed by atoms with Crippen molar-refractivity contribution >= 4 is 17.4 Å². The summed E-state index contributed by atoms with van der Waals surface area (Å²) < 4.78 is 5.09. The van der Waals surface area contributed by atoms with Gasteiger partial charge in [0, 0.05) is 11.5 Å². The van der Waals surface area contributed by atoms with Crippen molar-refractivity contribution in [3.63, 3.8) is 0 Å². The largest absolute Gasteiger partial charge is 0.495 e. The Kier molecular flexibility index (Phi) is 6.20. The van der Waals surface area contributed by atoms with Crippen LogP contribution in [-0.2, 0) is 0 Å². The fourth-order valence-electron chi connectivity index (χ4n) is 2.16. The molecule has 0 aromatic heterocycles. The minimum absolute atomic E-state index is 0.115. The lowest BCUT2D eigenvalue weighted by Crippen LogP contribution is -2.14. The van der Waals surface area contributed by atoms with E-state index in [4.69, 9.17) is 16.3 Å². The van der Waals surface area contributed by atoms with E-state index in [2.05, 4.69) is 13.8 Å². The third-order valence-corrected chi connectivity index (χ3v) is 3.38. The monoisotopic (exact) mass is 268 g/mol. The SMILES string of the molecule is CCCC(CCC)C(=O)c1ccc(OC)c(Cl)c1. The van der Waals surface area contributed by atoms with Crippen molar-refractivity contribution in [3.8, 4) is 5.75 Å². The number of hydrogen-bond acceptors (Lipinski definition) is 2. The quantitative estimate of drug-likeness (QED) is 0.667. The first-order valence-corrected chi connectivity index (χ1v) is 6.89. The molecule has 0 N–H and O–H groups in total. The Morgan fingerprint density at radius 3 is 2.33 bits per heavy atom. The third kappa shape index (κ3) is 3.74. The van der Waals surface area contributed by atoms with E-state index in [1.807, 2.05) is 0 Å². The molecule has 0 amide bonds. The summed E-state index contributed by atoms with van der Waals surface area (Å²) >= 11 is 6.06. The number of carbonyl (C=O) groups is 1. The van der Waals surface area contributed by atoms with E-state index in [1.165, 1.54) is 0 Å². The fourth-order valence-corrected chi connectivity index (χ4v) is 2.42. The first-order chi connectivity index (χ1) is 8.63. The Balaban J connectivity index is 2.90. The molecule has 1 aromatic rings. The number of ketones is 1. The predicted octanol–water partition coefficient (Wildman–Crippen LogP) is 4.75. The second-order valence-electron chi connectivity index (χ2n) is 4.49. The molecular formula is C15H21ClO2. The van der Waals surface area contributed by atoms with Crippen molar-refractivity contribution in [2.45, 2.75) is 39.5 Å². The van der Waals surface area contributed by atoms with E-state index >= 15 is 0 Å². The van der Waals surface area contributed by atoms with Gasteiger partial charge in [-0.3, -0.25) is 4.79 Å². The predicted molar refractivity (Wildman–Crippen MR) is 75.6 cm³/mol. The van der Waals surface area contributed by atoms with Crippen LogP contribution >= 0.6 is 11.6 Å². The highest BCUT2D eigenvalue weighted by atomic mass is 35.5. The first kappa shape index (κ1) is 15.0. The van der Waals surface area contributed by atoms with Crippen LogP contribution in [0.2, 0.25) is 5.02 Å². The summed E-state index contributed by atoms with van der Waals surface area (Å²) in [6.45, 7) is 4.22. The lowest BCUT2D eigenvalue weighted by Gasteiger charge is -2.14. The number of hydrogen-bond donors (Lipinski definition) is 0. The fraction of sp³-hybridized carbons (Fsp3) is 0.533. The molecule has 18 heavy (non-hydrogen) atoms. The smallest absolute Gasteiger partial charge is 0.165 e. The number of rotatable bonds is 7. The van der Waals surface area contributed by atoms with Crippen LogP contribution in [0, 0.1) is 5.92 Å². The summed E-state index contributed by atoms with van der Waals surface area (Å²) in [5.41, 5.74) is 0.688. The maximum atomic E-state index is 12.4. The normalized spacial score (nSPS) is 10.7. The number of benzene rings is 1. The molecule has 0 bridgehead atoms. The van der Waals surface area contributed by atoms with Gasteiger partial charge in [0.15, 0.2) is 5.78 Å². The number of carbonyl (C=O) groups excluding carboxylic acids is 1. The lowest BCUT2D eigenvalue weighted by molar-refractivity contribution is 0.0905. The van der Waals surface area contributed by atoms with Gasteiger partial charge < -0.3 is 4.74 Å². The zero-order valence-electron chi connectivity index (χ0n) is 11.3. The van der Waals surface area contributed by atoms with E-state index in [9.17, 15) is 4.79 Å². The van der Waals surface area contributed by atoms with Gasteiger partial charge in [-0.15, -0.1) is 0 Å². The maximum absolute atomic E-state index is 12.4. The van der Waals surface area contributed by atoms with Crippen molar-refractivity contribution < 1.29 is 9.53 Å². The van der Waals surface area contributed by atoms with Gasteiger partial charge in [0.05, 0.1) is 12.1 Å². The van der Waals surface area contributed by atoms with Crippen molar-refractivity contribution in [2.24, 2.45) is 5.92 Å². The van der Waals surface area contributed by atoms with Crippen LogP contribution in [0.4, 0.5) is 0 Å². The number of Topliss-reactive ketones (excluding diaryl/α,β-unsaturated/α-hetero) is 1. The molecule has 0 radical (unpaired) electrons. The minimum Gasteiger partial charge on any atom is -0.495 e. The average molecular weight is 269 g/mol. The van der Waals surface area contributed by atoms with E-state index in [1.54, 1.807) is 25.3 Å². The summed E-state index contributed by atoms with van der Waals surface area (Å²) in [5, 5.41) is 0.495. The topological polar surface area (TPSA) is 26.3 Å². The van der Waals surface area contributed by atoms with Gasteiger partial charge in [0.2, 0.25) is 0 Å². The highest BCUT2D eigenvalue weighted by molar-refractivity contribution is 6.32. The molecule has 0 saturated carbocycles. The Bertz CT molecular complexity index is 395. The van der Waals surface area contributed by atoms with Gasteiger partial charge >= 0.3 is 0 Å². The summed E-state index contributed by atoms with van der Waals surface area (Å²) in [5.74, 6) is 0.920. The lowest BCUT2D eigenvalue weighted by atomic mass is 9.90. The molecule has 2 nitrogen and oxygen atoms in total. The van der Waals surface area contributed by atoms with Gasteiger partial charge in [-0.2, -0.15) is 0 Å². The van der Waals surface area contributed by atoms with Crippen molar-refractivity contribution in [1.29, 1.82) is 0 Å². The highest BCUT2D eigenvalue weighted by Gasteiger charge is 2.19. The molecule has 1 rings (SSSR count). The van der Waals surface area contributed by atoms with E-state index in [0.29, 0.717) is 16.3 Å². The molecule has 0 aliphatic carbocycles.